The fourth-order valence-corrected chi connectivity index (χ4v) is 4.24. The number of carbonyl (C=O) groups is 1. The summed E-state index contributed by atoms with van der Waals surface area (Å²) in [6.07, 6.45) is 0. The maximum atomic E-state index is 12.9. The number of anilines is 1. The van der Waals surface area contributed by atoms with Crippen molar-refractivity contribution in [3.8, 4) is 22.6 Å². The molecule has 0 spiro atoms. The second-order valence-corrected chi connectivity index (χ2v) is 7.89. The smallest absolute Gasteiger partial charge is 0.238 e. The first-order valence-corrected chi connectivity index (χ1v) is 10.3. The van der Waals surface area contributed by atoms with Gasteiger partial charge in [-0.2, -0.15) is 0 Å². The zero-order valence-corrected chi connectivity index (χ0v) is 17.1. The average molecular weight is 421 g/mol. The van der Waals surface area contributed by atoms with Crippen LogP contribution in [0.15, 0.2) is 60.7 Å². The van der Waals surface area contributed by atoms with E-state index in [9.17, 15) is 4.79 Å². The molecule has 5 nitrogen and oxygen atoms in total. The second-order valence-electron chi connectivity index (χ2n) is 7.48. The van der Waals surface area contributed by atoms with Gasteiger partial charge in [-0.3, -0.25) is 9.69 Å². The third kappa shape index (κ3) is 3.74. The van der Waals surface area contributed by atoms with Crippen LogP contribution >= 0.6 is 11.6 Å². The van der Waals surface area contributed by atoms with E-state index in [1.54, 1.807) is 12.1 Å². The molecule has 0 aromatic heterocycles. The molecule has 0 fully saturated rings. The van der Waals surface area contributed by atoms with Crippen LogP contribution in [-0.2, 0) is 17.9 Å². The Hall–Kier alpha value is -3.02. The van der Waals surface area contributed by atoms with E-state index in [2.05, 4.69) is 46.6 Å². The molecule has 2 aliphatic rings. The number of rotatable bonds is 3. The molecular weight excluding hydrogens is 400 g/mol. The van der Waals surface area contributed by atoms with Crippen molar-refractivity contribution in [2.24, 2.45) is 0 Å². The molecule has 5 rings (SSSR count). The van der Waals surface area contributed by atoms with E-state index in [1.807, 2.05) is 12.1 Å². The van der Waals surface area contributed by atoms with E-state index in [1.165, 1.54) is 22.3 Å². The predicted molar refractivity (Wildman–Crippen MR) is 117 cm³/mol. The number of halogens is 1. The standard InChI is InChI=1S/C24H21ClN2O3/c25-20-11-22-23(30-10-9-29-22)12-21(20)26-24(28)15-27-13-16-5-1-3-7-18(16)19-8-4-2-6-17(19)14-27/h1-8,11-12H,9-10,13-15H2,(H,26,28). The Morgan fingerprint density at radius 3 is 2.10 bits per heavy atom. The molecule has 0 saturated heterocycles. The summed E-state index contributed by atoms with van der Waals surface area (Å²) < 4.78 is 11.1. The highest BCUT2D eigenvalue weighted by atomic mass is 35.5. The average Bonchev–Trinajstić information content (AvgIpc) is 2.90. The molecular formula is C24H21ClN2O3. The van der Waals surface area contributed by atoms with E-state index in [0.717, 1.165) is 0 Å². The van der Waals surface area contributed by atoms with Gasteiger partial charge in [0, 0.05) is 25.2 Å². The number of nitrogens with one attached hydrogen (secondary N) is 1. The van der Waals surface area contributed by atoms with Crippen molar-refractivity contribution in [2.75, 3.05) is 25.1 Å². The Morgan fingerprint density at radius 1 is 0.900 bits per heavy atom. The van der Waals surface area contributed by atoms with Crippen molar-refractivity contribution in [1.29, 1.82) is 0 Å². The summed E-state index contributed by atoms with van der Waals surface area (Å²) in [7, 11) is 0. The summed E-state index contributed by atoms with van der Waals surface area (Å²) >= 11 is 6.34. The third-order valence-corrected chi connectivity index (χ3v) is 5.70. The van der Waals surface area contributed by atoms with Crippen LogP contribution in [-0.4, -0.2) is 30.6 Å². The van der Waals surface area contributed by atoms with Gasteiger partial charge in [0.25, 0.3) is 0 Å². The number of amides is 1. The highest BCUT2D eigenvalue weighted by molar-refractivity contribution is 6.34. The maximum Gasteiger partial charge on any atom is 0.238 e. The SMILES string of the molecule is O=C(CN1Cc2ccccc2-c2ccccc2C1)Nc1cc2c(cc1Cl)OCCO2. The van der Waals surface area contributed by atoms with Crippen LogP contribution in [0.1, 0.15) is 11.1 Å². The van der Waals surface area contributed by atoms with Gasteiger partial charge >= 0.3 is 0 Å². The minimum Gasteiger partial charge on any atom is -0.486 e. The zero-order chi connectivity index (χ0) is 20.5. The number of benzene rings is 3. The number of nitrogens with zero attached hydrogens (tertiary/aromatic N) is 1. The van der Waals surface area contributed by atoms with Crippen molar-refractivity contribution in [3.63, 3.8) is 0 Å². The van der Waals surface area contributed by atoms with E-state index in [0.29, 0.717) is 48.5 Å². The lowest BCUT2D eigenvalue weighted by Crippen LogP contribution is -2.32. The van der Waals surface area contributed by atoms with Crippen LogP contribution in [0, 0.1) is 0 Å². The molecule has 3 aromatic carbocycles. The van der Waals surface area contributed by atoms with Crippen molar-refractivity contribution in [1.82, 2.24) is 4.90 Å². The number of hydrogen-bond donors (Lipinski definition) is 1. The summed E-state index contributed by atoms with van der Waals surface area (Å²) in [5.74, 6) is 1.08. The quantitative estimate of drug-likeness (QED) is 0.665. The van der Waals surface area contributed by atoms with Crippen LogP contribution in [0.5, 0.6) is 11.5 Å². The lowest BCUT2D eigenvalue weighted by atomic mass is 9.97. The Kier molecular flexibility index (Phi) is 5.07. The van der Waals surface area contributed by atoms with Gasteiger partial charge in [-0.15, -0.1) is 0 Å². The largest absolute Gasteiger partial charge is 0.486 e. The Morgan fingerprint density at radius 2 is 1.47 bits per heavy atom. The first-order chi connectivity index (χ1) is 14.7. The summed E-state index contributed by atoms with van der Waals surface area (Å²) in [5.41, 5.74) is 5.42. The Labute approximate surface area is 180 Å². The van der Waals surface area contributed by atoms with Gasteiger partial charge in [0.2, 0.25) is 5.91 Å². The summed E-state index contributed by atoms with van der Waals surface area (Å²) in [6, 6.07) is 20.1. The highest BCUT2D eigenvalue weighted by Gasteiger charge is 2.22. The molecule has 0 unspecified atom stereocenters. The number of ether oxygens (including phenoxy) is 2. The normalized spacial score (nSPS) is 15.0. The van der Waals surface area contributed by atoms with E-state index in [-0.39, 0.29) is 12.5 Å². The van der Waals surface area contributed by atoms with Gasteiger partial charge in [-0.1, -0.05) is 60.1 Å². The molecule has 1 N–H and O–H groups in total. The van der Waals surface area contributed by atoms with Gasteiger partial charge in [-0.25, -0.2) is 0 Å². The molecule has 2 heterocycles. The van der Waals surface area contributed by atoms with Crippen LogP contribution < -0.4 is 14.8 Å². The second kappa shape index (κ2) is 8.01. The van der Waals surface area contributed by atoms with Crippen LogP contribution in [0.4, 0.5) is 5.69 Å². The van der Waals surface area contributed by atoms with Gasteiger partial charge in [0.05, 0.1) is 17.3 Å². The van der Waals surface area contributed by atoms with Crippen molar-refractivity contribution in [2.45, 2.75) is 13.1 Å². The third-order valence-electron chi connectivity index (χ3n) is 5.39. The summed E-state index contributed by atoms with van der Waals surface area (Å²) in [4.78, 5) is 15.0. The minimum atomic E-state index is -0.120. The number of hydrogen-bond acceptors (Lipinski definition) is 4. The molecule has 0 radical (unpaired) electrons. The van der Waals surface area contributed by atoms with Gasteiger partial charge in [-0.05, 0) is 22.3 Å². The lowest BCUT2D eigenvalue weighted by Gasteiger charge is -2.22. The predicted octanol–water partition coefficient (Wildman–Crippen LogP) is 4.73. The zero-order valence-electron chi connectivity index (χ0n) is 16.4. The monoisotopic (exact) mass is 420 g/mol. The van der Waals surface area contributed by atoms with E-state index in [4.69, 9.17) is 21.1 Å². The van der Waals surface area contributed by atoms with Crippen molar-refractivity contribution < 1.29 is 14.3 Å². The van der Waals surface area contributed by atoms with Crippen molar-refractivity contribution in [3.05, 3.63) is 76.8 Å². The molecule has 2 aliphatic heterocycles. The maximum absolute atomic E-state index is 12.9. The van der Waals surface area contributed by atoms with E-state index < -0.39 is 0 Å². The highest BCUT2D eigenvalue weighted by Crippen LogP contribution is 2.38. The molecule has 152 valence electrons. The molecule has 6 heteroatoms. The Balaban J connectivity index is 1.36. The van der Waals surface area contributed by atoms with Gasteiger partial charge in [0.15, 0.2) is 11.5 Å². The first kappa shape index (κ1) is 19.0. The molecule has 30 heavy (non-hydrogen) atoms. The molecule has 1 amide bonds. The molecule has 0 atom stereocenters. The van der Waals surface area contributed by atoms with Gasteiger partial charge in [0.1, 0.15) is 13.2 Å². The fourth-order valence-electron chi connectivity index (χ4n) is 4.04. The molecule has 3 aromatic rings. The lowest BCUT2D eigenvalue weighted by molar-refractivity contribution is -0.117. The van der Waals surface area contributed by atoms with Crippen molar-refractivity contribution >= 4 is 23.2 Å². The van der Waals surface area contributed by atoms with Crippen LogP contribution in [0.2, 0.25) is 5.02 Å². The summed E-state index contributed by atoms with van der Waals surface area (Å²) in [5, 5.41) is 3.36. The molecule has 0 aliphatic carbocycles. The fraction of sp³-hybridized carbons (Fsp3) is 0.208. The van der Waals surface area contributed by atoms with Crippen LogP contribution in [0.25, 0.3) is 11.1 Å². The minimum absolute atomic E-state index is 0.120. The summed E-state index contributed by atoms with van der Waals surface area (Å²) in [6.45, 7) is 2.63. The van der Waals surface area contributed by atoms with Gasteiger partial charge < -0.3 is 14.8 Å². The van der Waals surface area contributed by atoms with Crippen LogP contribution in [0.3, 0.4) is 0 Å². The first-order valence-electron chi connectivity index (χ1n) is 9.95. The number of carbonyl (C=O) groups excluding carboxylic acids is 1. The molecule has 0 bridgehead atoms. The Bertz CT molecular complexity index is 1070. The number of fused-ring (bicyclic) bond motifs is 4. The van der Waals surface area contributed by atoms with E-state index >= 15 is 0 Å². The topological polar surface area (TPSA) is 50.8 Å². The molecule has 0 saturated carbocycles.